The molecular formula is C17H26O3. The van der Waals surface area contributed by atoms with Gasteiger partial charge < -0.3 is 14.6 Å². The van der Waals surface area contributed by atoms with E-state index in [0.717, 1.165) is 43.6 Å². The van der Waals surface area contributed by atoms with E-state index in [0.29, 0.717) is 18.6 Å². The Morgan fingerprint density at radius 2 is 2.00 bits per heavy atom. The number of hydrogen-bond acceptors (Lipinski definition) is 3. The predicted molar refractivity (Wildman–Crippen MR) is 79.9 cm³/mol. The fourth-order valence-electron chi connectivity index (χ4n) is 2.78. The van der Waals surface area contributed by atoms with Crippen molar-refractivity contribution in [1.29, 1.82) is 0 Å². The van der Waals surface area contributed by atoms with Crippen molar-refractivity contribution in [3.63, 3.8) is 0 Å². The van der Waals surface area contributed by atoms with E-state index in [2.05, 4.69) is 6.92 Å². The van der Waals surface area contributed by atoms with Gasteiger partial charge >= 0.3 is 0 Å². The number of benzene rings is 1. The van der Waals surface area contributed by atoms with E-state index < -0.39 is 6.10 Å². The summed E-state index contributed by atoms with van der Waals surface area (Å²) < 4.78 is 11.3. The van der Waals surface area contributed by atoms with Crippen LogP contribution in [0, 0.1) is 5.92 Å². The molecule has 3 heteroatoms. The molecule has 0 saturated heterocycles. The fourth-order valence-corrected chi connectivity index (χ4v) is 2.78. The molecule has 1 N–H and O–H groups in total. The number of aliphatic hydroxyl groups excluding tert-OH is 1. The fraction of sp³-hybridized carbons (Fsp3) is 0.647. The summed E-state index contributed by atoms with van der Waals surface area (Å²) in [4.78, 5) is 0. The highest BCUT2D eigenvalue weighted by Crippen LogP contribution is 2.38. The van der Waals surface area contributed by atoms with E-state index in [-0.39, 0.29) is 0 Å². The van der Waals surface area contributed by atoms with Gasteiger partial charge in [0.1, 0.15) is 5.75 Å². The molecule has 0 heterocycles. The van der Waals surface area contributed by atoms with E-state index in [1.807, 2.05) is 31.2 Å². The Hall–Kier alpha value is -1.06. The molecule has 112 valence electrons. The number of ether oxygens (including phenoxy) is 2. The molecule has 1 saturated carbocycles. The van der Waals surface area contributed by atoms with Crippen molar-refractivity contribution < 1.29 is 14.6 Å². The van der Waals surface area contributed by atoms with Crippen molar-refractivity contribution in [2.24, 2.45) is 5.92 Å². The van der Waals surface area contributed by atoms with Crippen LogP contribution in [0.15, 0.2) is 24.3 Å². The minimum atomic E-state index is -0.435. The molecule has 0 bridgehead atoms. The van der Waals surface area contributed by atoms with Gasteiger partial charge in [0.15, 0.2) is 0 Å². The topological polar surface area (TPSA) is 38.7 Å². The lowest BCUT2D eigenvalue weighted by Gasteiger charge is -2.36. The highest BCUT2D eigenvalue weighted by atomic mass is 16.5. The standard InChI is InChI=1S/C17H26O3/c1-3-9-20-17-8-6-5-7-15(17)16(18)12-13-10-14(11-13)19-4-2/h5-8,13-14,16,18H,3-4,9-12H2,1-2H3. The summed E-state index contributed by atoms with van der Waals surface area (Å²) in [7, 11) is 0. The van der Waals surface area contributed by atoms with E-state index in [1.165, 1.54) is 0 Å². The van der Waals surface area contributed by atoms with Crippen LogP contribution in [0.5, 0.6) is 5.75 Å². The lowest BCUT2D eigenvalue weighted by molar-refractivity contribution is -0.0381. The van der Waals surface area contributed by atoms with Crippen LogP contribution in [0.1, 0.15) is 51.2 Å². The second-order valence-corrected chi connectivity index (χ2v) is 5.55. The maximum Gasteiger partial charge on any atom is 0.125 e. The van der Waals surface area contributed by atoms with Gasteiger partial charge in [0, 0.05) is 12.2 Å². The Morgan fingerprint density at radius 1 is 1.25 bits per heavy atom. The first-order valence-corrected chi connectivity index (χ1v) is 7.76. The van der Waals surface area contributed by atoms with Crippen LogP contribution in [0.3, 0.4) is 0 Å². The maximum atomic E-state index is 10.4. The quantitative estimate of drug-likeness (QED) is 0.787. The molecule has 0 aromatic heterocycles. The largest absolute Gasteiger partial charge is 0.493 e. The molecule has 0 amide bonds. The minimum Gasteiger partial charge on any atom is -0.493 e. The van der Waals surface area contributed by atoms with E-state index in [9.17, 15) is 5.11 Å². The highest BCUT2D eigenvalue weighted by Gasteiger charge is 2.31. The molecular weight excluding hydrogens is 252 g/mol. The number of hydrogen-bond donors (Lipinski definition) is 1. The first kappa shape index (κ1) is 15.3. The molecule has 1 aliphatic carbocycles. The molecule has 1 unspecified atom stereocenters. The van der Waals surface area contributed by atoms with Crippen molar-refractivity contribution >= 4 is 0 Å². The van der Waals surface area contributed by atoms with Gasteiger partial charge in [0.25, 0.3) is 0 Å². The van der Waals surface area contributed by atoms with Crippen LogP contribution in [-0.4, -0.2) is 24.4 Å². The molecule has 0 aliphatic heterocycles. The lowest BCUT2D eigenvalue weighted by Crippen LogP contribution is -2.32. The second-order valence-electron chi connectivity index (χ2n) is 5.55. The summed E-state index contributed by atoms with van der Waals surface area (Å²) in [6.07, 6.45) is 3.89. The molecule has 1 fully saturated rings. The first-order valence-electron chi connectivity index (χ1n) is 7.76. The maximum absolute atomic E-state index is 10.4. The normalized spacial score (nSPS) is 23.1. The predicted octanol–water partition coefficient (Wildman–Crippen LogP) is 3.71. The van der Waals surface area contributed by atoms with Gasteiger partial charge in [-0.15, -0.1) is 0 Å². The van der Waals surface area contributed by atoms with Crippen LogP contribution >= 0.6 is 0 Å². The van der Waals surface area contributed by atoms with Crippen molar-refractivity contribution in [3.05, 3.63) is 29.8 Å². The summed E-state index contributed by atoms with van der Waals surface area (Å²) >= 11 is 0. The molecule has 0 spiro atoms. The zero-order valence-corrected chi connectivity index (χ0v) is 12.5. The van der Waals surface area contributed by atoms with Crippen LogP contribution < -0.4 is 4.74 Å². The Kier molecular flexibility index (Phi) is 5.86. The van der Waals surface area contributed by atoms with Gasteiger partial charge in [-0.2, -0.15) is 0 Å². The SMILES string of the molecule is CCCOc1ccccc1C(O)CC1CC(OCC)C1. The van der Waals surface area contributed by atoms with Crippen LogP contribution in [0.4, 0.5) is 0 Å². The van der Waals surface area contributed by atoms with Crippen LogP contribution in [0.25, 0.3) is 0 Å². The number of aliphatic hydroxyl groups is 1. The van der Waals surface area contributed by atoms with Crippen molar-refractivity contribution in [2.45, 2.75) is 51.7 Å². The molecule has 1 aromatic carbocycles. The van der Waals surface area contributed by atoms with E-state index in [1.54, 1.807) is 0 Å². The average Bonchev–Trinajstić information content (AvgIpc) is 2.43. The summed E-state index contributed by atoms with van der Waals surface area (Å²) in [5.41, 5.74) is 0.917. The molecule has 0 radical (unpaired) electrons. The molecule has 2 rings (SSSR count). The smallest absolute Gasteiger partial charge is 0.125 e. The summed E-state index contributed by atoms with van der Waals surface area (Å²) in [6.45, 7) is 5.60. The van der Waals surface area contributed by atoms with Gasteiger partial charge in [-0.05, 0) is 44.6 Å². The van der Waals surface area contributed by atoms with Crippen molar-refractivity contribution in [3.8, 4) is 5.75 Å². The Bertz CT molecular complexity index is 399. The summed E-state index contributed by atoms with van der Waals surface area (Å²) in [6, 6.07) is 7.82. The van der Waals surface area contributed by atoms with E-state index in [4.69, 9.17) is 9.47 Å². The van der Waals surface area contributed by atoms with Gasteiger partial charge in [-0.25, -0.2) is 0 Å². The summed E-state index contributed by atoms with van der Waals surface area (Å²) in [5, 5.41) is 10.4. The van der Waals surface area contributed by atoms with Crippen LogP contribution in [-0.2, 0) is 4.74 Å². The number of para-hydroxylation sites is 1. The highest BCUT2D eigenvalue weighted by molar-refractivity contribution is 5.35. The Morgan fingerprint density at radius 3 is 2.70 bits per heavy atom. The first-order chi connectivity index (χ1) is 9.74. The molecule has 1 atom stereocenters. The molecule has 3 nitrogen and oxygen atoms in total. The average molecular weight is 278 g/mol. The van der Waals surface area contributed by atoms with Crippen molar-refractivity contribution in [2.75, 3.05) is 13.2 Å². The van der Waals surface area contributed by atoms with Gasteiger partial charge in [0.05, 0.1) is 18.8 Å². The summed E-state index contributed by atoms with van der Waals surface area (Å²) in [5.74, 6) is 1.39. The third-order valence-electron chi connectivity index (χ3n) is 3.89. The Balaban J connectivity index is 1.87. The third kappa shape index (κ3) is 3.97. The van der Waals surface area contributed by atoms with Gasteiger partial charge in [-0.1, -0.05) is 25.1 Å². The Labute approximate surface area is 121 Å². The van der Waals surface area contributed by atoms with Gasteiger partial charge in [-0.3, -0.25) is 0 Å². The number of rotatable bonds is 8. The van der Waals surface area contributed by atoms with Gasteiger partial charge in [0.2, 0.25) is 0 Å². The molecule has 1 aliphatic rings. The molecule has 20 heavy (non-hydrogen) atoms. The zero-order valence-electron chi connectivity index (χ0n) is 12.5. The molecule has 1 aromatic rings. The van der Waals surface area contributed by atoms with Crippen LogP contribution in [0.2, 0.25) is 0 Å². The third-order valence-corrected chi connectivity index (χ3v) is 3.89. The lowest BCUT2D eigenvalue weighted by atomic mass is 9.78. The second kappa shape index (κ2) is 7.65. The van der Waals surface area contributed by atoms with Crippen molar-refractivity contribution in [1.82, 2.24) is 0 Å². The zero-order chi connectivity index (χ0) is 14.4. The van der Waals surface area contributed by atoms with E-state index >= 15 is 0 Å². The minimum absolute atomic E-state index is 0.406. The monoisotopic (exact) mass is 278 g/mol.